The number of piperazine rings is 1. The number of benzene rings is 1. The summed E-state index contributed by atoms with van der Waals surface area (Å²) in [5.41, 5.74) is 1.90. The van der Waals surface area contributed by atoms with E-state index in [4.69, 9.17) is 4.74 Å². The first kappa shape index (κ1) is 23.7. The van der Waals surface area contributed by atoms with Crippen molar-refractivity contribution in [1.29, 1.82) is 0 Å². The van der Waals surface area contributed by atoms with Gasteiger partial charge in [0, 0.05) is 44.6 Å². The fourth-order valence-electron chi connectivity index (χ4n) is 3.99. The van der Waals surface area contributed by atoms with E-state index >= 15 is 0 Å². The van der Waals surface area contributed by atoms with Gasteiger partial charge in [0.1, 0.15) is 11.6 Å². The second-order valence-electron chi connectivity index (χ2n) is 8.26. The van der Waals surface area contributed by atoms with Gasteiger partial charge in [0.05, 0.1) is 17.8 Å². The van der Waals surface area contributed by atoms with Crippen LogP contribution in [0.5, 0.6) is 5.75 Å². The van der Waals surface area contributed by atoms with Crippen molar-refractivity contribution in [2.45, 2.75) is 12.9 Å². The molecule has 2 aromatic heterocycles. The third-order valence-electron chi connectivity index (χ3n) is 5.74. The maximum atomic E-state index is 12.5. The summed E-state index contributed by atoms with van der Waals surface area (Å²) in [4.78, 5) is 19.2. The van der Waals surface area contributed by atoms with Gasteiger partial charge in [-0.1, -0.05) is 0 Å². The maximum absolute atomic E-state index is 12.5. The number of halogens is 3. The number of rotatable bonds is 6. The first-order valence-electron chi connectivity index (χ1n) is 11.3. The number of hydrazone groups is 1. The Balaban J connectivity index is 1.31. The summed E-state index contributed by atoms with van der Waals surface area (Å²) in [6.07, 6.45) is -1.33. The molecule has 4 heterocycles. The van der Waals surface area contributed by atoms with Gasteiger partial charge >= 0.3 is 6.36 Å². The van der Waals surface area contributed by atoms with E-state index < -0.39 is 6.36 Å². The predicted molar refractivity (Wildman–Crippen MR) is 127 cm³/mol. The minimum atomic E-state index is -4.75. The molecule has 0 unspecified atom stereocenters. The molecule has 1 fully saturated rings. The van der Waals surface area contributed by atoms with E-state index in [1.54, 1.807) is 23.0 Å². The molecule has 5 rings (SSSR count). The first-order chi connectivity index (χ1) is 17.3. The first-order valence-corrected chi connectivity index (χ1v) is 11.3. The molecule has 12 heteroatoms. The minimum Gasteiger partial charge on any atom is -0.453 e. The second-order valence-corrected chi connectivity index (χ2v) is 8.26. The zero-order chi connectivity index (χ0) is 25.1. The molecule has 1 saturated heterocycles. The van der Waals surface area contributed by atoms with Gasteiger partial charge < -0.3 is 24.3 Å². The zero-order valence-electron chi connectivity index (χ0n) is 19.1. The third-order valence-corrected chi connectivity index (χ3v) is 5.74. The maximum Gasteiger partial charge on any atom is 0.573 e. The highest BCUT2D eigenvalue weighted by molar-refractivity contribution is 5.95. The van der Waals surface area contributed by atoms with Crippen molar-refractivity contribution in [2.24, 2.45) is 5.10 Å². The third kappa shape index (κ3) is 5.60. The topological polar surface area (TPSA) is 84.2 Å². The number of nitrogens with one attached hydrogen (secondary N) is 1. The van der Waals surface area contributed by atoms with E-state index in [1.165, 1.54) is 35.3 Å². The molecule has 0 saturated carbocycles. The standard InChI is InChI=1S/C24H23F3N6O3/c25-24(26,27)36-20-4-2-19(3-5-20)33-16-35-23(30-33)18-1-6-22(34)32(15-18)14-17-7-8-29-21(13-17)31-11-9-28-10-12-31/h1-8,13,15,28H,9-12,14,16H2. The Morgan fingerprint density at radius 2 is 1.83 bits per heavy atom. The van der Waals surface area contributed by atoms with Crippen molar-refractivity contribution in [3.63, 3.8) is 0 Å². The second kappa shape index (κ2) is 9.90. The molecule has 188 valence electrons. The van der Waals surface area contributed by atoms with Gasteiger partial charge in [-0.2, -0.15) is 0 Å². The Hall–Kier alpha value is -4.06. The zero-order valence-corrected chi connectivity index (χ0v) is 19.1. The van der Waals surface area contributed by atoms with Crippen LogP contribution in [-0.4, -0.2) is 54.7 Å². The molecule has 0 atom stereocenters. The average molecular weight is 500 g/mol. The summed E-state index contributed by atoms with van der Waals surface area (Å²) in [6.45, 7) is 3.98. The van der Waals surface area contributed by atoms with Crippen LogP contribution in [0.3, 0.4) is 0 Å². The lowest BCUT2D eigenvalue weighted by Gasteiger charge is -2.28. The van der Waals surface area contributed by atoms with Crippen LogP contribution in [0, 0.1) is 0 Å². The van der Waals surface area contributed by atoms with Gasteiger partial charge in [-0.25, -0.2) is 9.99 Å². The van der Waals surface area contributed by atoms with Crippen LogP contribution >= 0.6 is 0 Å². The predicted octanol–water partition coefficient (Wildman–Crippen LogP) is 2.76. The summed E-state index contributed by atoms with van der Waals surface area (Å²) in [6, 6.07) is 12.3. The number of hydrogen-bond donors (Lipinski definition) is 1. The average Bonchev–Trinajstić information content (AvgIpc) is 3.36. The Morgan fingerprint density at radius 1 is 1.06 bits per heavy atom. The lowest BCUT2D eigenvalue weighted by atomic mass is 10.2. The van der Waals surface area contributed by atoms with Crippen molar-refractivity contribution >= 4 is 17.4 Å². The minimum absolute atomic E-state index is 0.0757. The number of nitrogens with zero attached hydrogens (tertiary/aromatic N) is 5. The highest BCUT2D eigenvalue weighted by Crippen LogP contribution is 2.27. The lowest BCUT2D eigenvalue weighted by Crippen LogP contribution is -2.43. The monoisotopic (exact) mass is 500 g/mol. The molecule has 0 bridgehead atoms. The van der Waals surface area contributed by atoms with Crippen LogP contribution in [0.15, 0.2) is 70.8 Å². The summed E-state index contributed by atoms with van der Waals surface area (Å²) in [5.74, 6) is 0.860. The van der Waals surface area contributed by atoms with Crippen molar-refractivity contribution in [3.05, 3.63) is 82.4 Å². The van der Waals surface area contributed by atoms with Gasteiger partial charge in [0.25, 0.3) is 5.56 Å². The van der Waals surface area contributed by atoms with Crippen LogP contribution in [0.4, 0.5) is 24.7 Å². The number of pyridine rings is 2. The highest BCUT2D eigenvalue weighted by Gasteiger charge is 2.31. The van der Waals surface area contributed by atoms with Crippen LogP contribution in [0.25, 0.3) is 0 Å². The van der Waals surface area contributed by atoms with Crippen molar-refractivity contribution < 1.29 is 22.6 Å². The summed E-state index contributed by atoms with van der Waals surface area (Å²) in [7, 11) is 0. The Kier molecular flexibility index (Phi) is 6.51. The number of anilines is 2. The molecule has 2 aliphatic rings. The highest BCUT2D eigenvalue weighted by atomic mass is 19.4. The Morgan fingerprint density at radius 3 is 2.58 bits per heavy atom. The number of alkyl halides is 3. The molecule has 2 aliphatic heterocycles. The van der Waals surface area contributed by atoms with Crippen LogP contribution < -0.4 is 25.5 Å². The fourth-order valence-corrected chi connectivity index (χ4v) is 3.99. The normalized spacial score (nSPS) is 16.0. The molecule has 9 nitrogen and oxygen atoms in total. The summed E-state index contributed by atoms with van der Waals surface area (Å²) < 4.78 is 48.3. The largest absolute Gasteiger partial charge is 0.573 e. The van der Waals surface area contributed by atoms with E-state index in [1.807, 2.05) is 12.1 Å². The van der Waals surface area contributed by atoms with Crippen molar-refractivity contribution in [1.82, 2.24) is 14.9 Å². The van der Waals surface area contributed by atoms with Gasteiger partial charge in [-0.3, -0.25) is 4.79 Å². The van der Waals surface area contributed by atoms with Gasteiger partial charge in [0.15, 0.2) is 6.73 Å². The molecule has 3 aromatic rings. The van der Waals surface area contributed by atoms with Gasteiger partial charge in [-0.15, -0.1) is 18.3 Å². The van der Waals surface area contributed by atoms with E-state index in [9.17, 15) is 18.0 Å². The summed E-state index contributed by atoms with van der Waals surface area (Å²) >= 11 is 0. The lowest BCUT2D eigenvalue weighted by molar-refractivity contribution is -0.274. The van der Waals surface area contributed by atoms with E-state index in [-0.39, 0.29) is 18.0 Å². The van der Waals surface area contributed by atoms with Crippen LogP contribution in [-0.2, 0) is 11.3 Å². The molecular formula is C24H23F3N6O3. The van der Waals surface area contributed by atoms with Gasteiger partial charge in [0.2, 0.25) is 5.90 Å². The molecule has 1 N–H and O–H groups in total. The molecule has 36 heavy (non-hydrogen) atoms. The van der Waals surface area contributed by atoms with Crippen LogP contribution in [0.2, 0.25) is 0 Å². The number of aromatic nitrogens is 2. The smallest absolute Gasteiger partial charge is 0.453 e. The Bertz CT molecular complexity index is 1300. The molecule has 1 aromatic carbocycles. The fraction of sp³-hybridized carbons (Fsp3) is 0.292. The summed E-state index contributed by atoms with van der Waals surface area (Å²) in [5, 5.41) is 9.23. The quantitative estimate of drug-likeness (QED) is 0.557. The van der Waals surface area contributed by atoms with E-state index in [2.05, 4.69) is 25.0 Å². The SMILES string of the molecule is O=c1ccc(C2=NN(c3ccc(OC(F)(F)F)cc3)CO2)cn1Cc1ccnc(N2CCNCC2)c1. The Labute approximate surface area is 204 Å². The van der Waals surface area contributed by atoms with E-state index in [0.717, 1.165) is 37.6 Å². The molecule has 0 spiro atoms. The molecule has 0 aliphatic carbocycles. The van der Waals surface area contributed by atoms with Crippen molar-refractivity contribution in [3.8, 4) is 5.75 Å². The van der Waals surface area contributed by atoms with Gasteiger partial charge in [-0.05, 0) is 48.0 Å². The van der Waals surface area contributed by atoms with Crippen LogP contribution in [0.1, 0.15) is 11.1 Å². The molecular weight excluding hydrogens is 477 g/mol. The number of hydrogen-bond acceptors (Lipinski definition) is 8. The number of ether oxygens (including phenoxy) is 2. The molecule has 0 radical (unpaired) electrons. The van der Waals surface area contributed by atoms with Crippen molar-refractivity contribution in [2.75, 3.05) is 42.8 Å². The van der Waals surface area contributed by atoms with E-state index in [0.29, 0.717) is 23.7 Å². The molecule has 0 amide bonds.